The number of nitro benzene ring substituents is 1. The molecule has 1 atom stereocenters. The van der Waals surface area contributed by atoms with Gasteiger partial charge in [0.25, 0.3) is 11.7 Å². The maximum atomic E-state index is 10.7. The molecule has 0 bridgehead atoms. The number of hydrogen-bond donors (Lipinski definition) is 1. The summed E-state index contributed by atoms with van der Waals surface area (Å²) in [6.45, 7) is 2.99. The number of fused-ring (bicyclic) bond motifs is 1. The van der Waals surface area contributed by atoms with Crippen molar-refractivity contribution in [2.24, 2.45) is 5.92 Å². The predicted octanol–water partition coefficient (Wildman–Crippen LogP) is 2.10. The zero-order valence-electron chi connectivity index (χ0n) is 11.2. The van der Waals surface area contributed by atoms with Gasteiger partial charge in [-0.1, -0.05) is 0 Å². The molecule has 1 saturated heterocycles. The average Bonchev–Trinajstić information content (AvgIpc) is 3.00. The Labute approximate surface area is 115 Å². The first-order valence-corrected chi connectivity index (χ1v) is 6.59. The van der Waals surface area contributed by atoms with Gasteiger partial charge in [0.05, 0.1) is 4.92 Å². The molecule has 1 aliphatic heterocycles. The number of hydrogen-bond acceptors (Lipinski definition) is 6. The molecule has 7 nitrogen and oxygen atoms in total. The Bertz CT molecular complexity index is 640. The lowest BCUT2D eigenvalue weighted by atomic mass is 10.1. The fourth-order valence-corrected chi connectivity index (χ4v) is 2.53. The van der Waals surface area contributed by atoms with E-state index in [1.165, 1.54) is 12.1 Å². The van der Waals surface area contributed by atoms with Crippen molar-refractivity contribution in [3.63, 3.8) is 0 Å². The van der Waals surface area contributed by atoms with E-state index >= 15 is 0 Å². The Balaban J connectivity index is 1.71. The van der Waals surface area contributed by atoms with Crippen LogP contribution in [0.25, 0.3) is 11.1 Å². The molecule has 2 aromatic rings. The van der Waals surface area contributed by atoms with Gasteiger partial charge >= 0.3 is 0 Å². The monoisotopic (exact) mass is 276 g/mol. The van der Waals surface area contributed by atoms with E-state index in [4.69, 9.17) is 4.42 Å². The second-order valence-electron chi connectivity index (χ2n) is 5.23. The zero-order valence-corrected chi connectivity index (χ0v) is 11.2. The number of nitrogens with zero attached hydrogens (tertiary/aromatic N) is 3. The summed E-state index contributed by atoms with van der Waals surface area (Å²) in [6, 6.07) is 4.85. The third-order valence-electron chi connectivity index (χ3n) is 3.61. The molecule has 1 N–H and O–H groups in total. The van der Waals surface area contributed by atoms with Crippen LogP contribution >= 0.6 is 0 Å². The zero-order chi connectivity index (χ0) is 14.1. The lowest BCUT2D eigenvalue weighted by molar-refractivity contribution is -0.384. The van der Waals surface area contributed by atoms with Gasteiger partial charge in [-0.3, -0.25) is 10.1 Å². The van der Waals surface area contributed by atoms with Crippen molar-refractivity contribution in [3.05, 3.63) is 28.3 Å². The number of oxazole rings is 1. The van der Waals surface area contributed by atoms with E-state index in [2.05, 4.69) is 22.2 Å². The molecular weight excluding hydrogens is 260 g/mol. The lowest BCUT2D eigenvalue weighted by Crippen LogP contribution is -2.19. The number of nitro groups is 1. The lowest BCUT2D eigenvalue weighted by Gasteiger charge is -2.09. The summed E-state index contributed by atoms with van der Waals surface area (Å²) in [5, 5.41) is 13.9. The molecule has 0 saturated carbocycles. The second-order valence-corrected chi connectivity index (χ2v) is 5.23. The number of rotatable bonds is 4. The van der Waals surface area contributed by atoms with Crippen molar-refractivity contribution in [1.82, 2.24) is 9.88 Å². The molecule has 1 aromatic heterocycles. The first kappa shape index (κ1) is 12.9. The molecule has 0 radical (unpaired) electrons. The van der Waals surface area contributed by atoms with Crippen LogP contribution in [0.2, 0.25) is 0 Å². The van der Waals surface area contributed by atoms with Crippen LogP contribution in [0, 0.1) is 16.0 Å². The van der Waals surface area contributed by atoms with Crippen LogP contribution < -0.4 is 5.32 Å². The minimum Gasteiger partial charge on any atom is -0.424 e. The second kappa shape index (κ2) is 5.09. The Morgan fingerprint density at radius 2 is 2.45 bits per heavy atom. The maximum absolute atomic E-state index is 10.7. The van der Waals surface area contributed by atoms with Crippen molar-refractivity contribution in [2.75, 3.05) is 32.0 Å². The van der Waals surface area contributed by atoms with Crippen molar-refractivity contribution < 1.29 is 9.34 Å². The van der Waals surface area contributed by atoms with Gasteiger partial charge in [0.1, 0.15) is 5.52 Å². The van der Waals surface area contributed by atoms with Gasteiger partial charge in [0.2, 0.25) is 0 Å². The quantitative estimate of drug-likeness (QED) is 0.680. The molecule has 1 aliphatic rings. The fourth-order valence-electron chi connectivity index (χ4n) is 2.53. The third-order valence-corrected chi connectivity index (χ3v) is 3.61. The molecule has 106 valence electrons. The maximum Gasteiger partial charge on any atom is 0.295 e. The SMILES string of the molecule is CN1CCC(CNc2nc3cc([N+](=O)[O-])ccc3o2)C1. The van der Waals surface area contributed by atoms with Gasteiger partial charge in [0.15, 0.2) is 5.58 Å². The van der Waals surface area contributed by atoms with Crippen molar-refractivity contribution in [2.45, 2.75) is 6.42 Å². The summed E-state index contributed by atoms with van der Waals surface area (Å²) < 4.78 is 5.53. The standard InChI is InChI=1S/C13H16N4O3/c1-16-5-4-9(8-16)7-14-13-15-11-6-10(17(18)19)2-3-12(11)20-13/h2-3,6,9H,4-5,7-8H2,1H3,(H,14,15). The third kappa shape index (κ3) is 2.57. The highest BCUT2D eigenvalue weighted by atomic mass is 16.6. The van der Waals surface area contributed by atoms with Gasteiger partial charge < -0.3 is 14.6 Å². The molecule has 2 heterocycles. The number of nitrogens with one attached hydrogen (secondary N) is 1. The van der Waals surface area contributed by atoms with E-state index in [0.717, 1.165) is 26.1 Å². The van der Waals surface area contributed by atoms with Crippen LogP contribution in [-0.2, 0) is 0 Å². The van der Waals surface area contributed by atoms with Gasteiger partial charge in [-0.15, -0.1) is 0 Å². The predicted molar refractivity (Wildman–Crippen MR) is 74.8 cm³/mol. The van der Waals surface area contributed by atoms with Crippen molar-refractivity contribution in [1.29, 1.82) is 0 Å². The number of aromatic nitrogens is 1. The highest BCUT2D eigenvalue weighted by Crippen LogP contribution is 2.24. The largest absolute Gasteiger partial charge is 0.424 e. The smallest absolute Gasteiger partial charge is 0.295 e. The molecule has 20 heavy (non-hydrogen) atoms. The summed E-state index contributed by atoms with van der Waals surface area (Å²) in [5.74, 6) is 0.587. The number of non-ortho nitro benzene ring substituents is 1. The van der Waals surface area contributed by atoms with Gasteiger partial charge in [-0.05, 0) is 32.0 Å². The Morgan fingerprint density at radius 3 is 3.15 bits per heavy atom. The topological polar surface area (TPSA) is 84.4 Å². The molecule has 0 spiro atoms. The summed E-state index contributed by atoms with van der Waals surface area (Å²) in [5.41, 5.74) is 1.08. The number of anilines is 1. The van der Waals surface area contributed by atoms with Crippen LogP contribution in [0.15, 0.2) is 22.6 Å². The first-order chi connectivity index (χ1) is 9.61. The average molecular weight is 276 g/mol. The minimum atomic E-state index is -0.435. The molecule has 7 heteroatoms. The van der Waals surface area contributed by atoms with Crippen LogP contribution in [0.5, 0.6) is 0 Å². The van der Waals surface area contributed by atoms with Crippen LogP contribution in [0.3, 0.4) is 0 Å². The highest BCUT2D eigenvalue weighted by Gasteiger charge is 2.20. The summed E-state index contributed by atoms with van der Waals surface area (Å²) in [4.78, 5) is 16.8. The molecule has 0 amide bonds. The fraction of sp³-hybridized carbons (Fsp3) is 0.462. The minimum absolute atomic E-state index is 0.0229. The molecule has 1 fully saturated rings. The van der Waals surface area contributed by atoms with E-state index in [1.54, 1.807) is 6.07 Å². The van der Waals surface area contributed by atoms with Gasteiger partial charge in [-0.25, -0.2) is 0 Å². The van der Waals surface area contributed by atoms with Crippen LogP contribution in [0.1, 0.15) is 6.42 Å². The van der Waals surface area contributed by atoms with Crippen LogP contribution in [-0.4, -0.2) is 41.5 Å². The summed E-state index contributed by atoms with van der Waals surface area (Å²) in [7, 11) is 2.11. The molecule has 3 rings (SSSR count). The van der Waals surface area contributed by atoms with E-state index < -0.39 is 4.92 Å². The normalized spacial score (nSPS) is 19.6. The van der Waals surface area contributed by atoms with Crippen molar-refractivity contribution in [3.8, 4) is 0 Å². The number of benzene rings is 1. The van der Waals surface area contributed by atoms with E-state index in [9.17, 15) is 10.1 Å². The summed E-state index contributed by atoms with van der Waals surface area (Å²) in [6.07, 6.45) is 1.16. The molecule has 0 aliphatic carbocycles. The van der Waals surface area contributed by atoms with E-state index in [0.29, 0.717) is 23.0 Å². The Morgan fingerprint density at radius 1 is 1.60 bits per heavy atom. The van der Waals surface area contributed by atoms with Crippen LogP contribution in [0.4, 0.5) is 11.7 Å². The van der Waals surface area contributed by atoms with E-state index in [-0.39, 0.29) is 5.69 Å². The van der Waals surface area contributed by atoms with E-state index in [1.807, 2.05) is 0 Å². The molecule has 1 unspecified atom stereocenters. The van der Waals surface area contributed by atoms with Gasteiger partial charge in [-0.2, -0.15) is 4.98 Å². The van der Waals surface area contributed by atoms with Gasteiger partial charge in [0, 0.05) is 25.2 Å². The molecular formula is C13H16N4O3. The van der Waals surface area contributed by atoms with Crippen molar-refractivity contribution >= 4 is 22.8 Å². The first-order valence-electron chi connectivity index (χ1n) is 6.59. The number of likely N-dealkylation sites (tertiary alicyclic amines) is 1. The summed E-state index contributed by atoms with van der Waals surface area (Å²) >= 11 is 0. The molecule has 1 aromatic carbocycles. The Kier molecular flexibility index (Phi) is 3.27. The highest BCUT2D eigenvalue weighted by molar-refractivity contribution is 5.77. The Hall–Kier alpha value is -2.15.